The second-order valence-electron chi connectivity index (χ2n) is 3.38. The van der Waals surface area contributed by atoms with Crippen LogP contribution in [0.5, 0.6) is 0 Å². The van der Waals surface area contributed by atoms with E-state index < -0.39 is 21.3 Å². The summed E-state index contributed by atoms with van der Waals surface area (Å²) in [5, 5.41) is 6.91. The van der Waals surface area contributed by atoms with Crippen LogP contribution >= 0.6 is 0 Å². The molecule has 0 aromatic carbocycles. The van der Waals surface area contributed by atoms with Gasteiger partial charge in [-0.1, -0.05) is 0 Å². The topological polar surface area (TPSA) is 75.9 Å². The normalized spacial score (nSPS) is 21.5. The van der Waals surface area contributed by atoms with Gasteiger partial charge >= 0.3 is 0 Å². The maximum Gasteiger partial charge on any atom is 0.288 e. The van der Waals surface area contributed by atoms with Crippen molar-refractivity contribution in [2.45, 2.75) is 19.4 Å². The Bertz CT molecular complexity index is 403. The molecule has 0 atom stereocenters. The second-order valence-corrected chi connectivity index (χ2v) is 5.36. The van der Waals surface area contributed by atoms with Crippen LogP contribution in [0.25, 0.3) is 0 Å². The van der Waals surface area contributed by atoms with E-state index >= 15 is 0 Å². The minimum atomic E-state index is -3.38. The van der Waals surface area contributed by atoms with Gasteiger partial charge in [-0.15, -0.1) is 5.11 Å². The minimum Gasteiger partial charge on any atom is -0.266 e. The molecule has 6 heteroatoms. The summed E-state index contributed by atoms with van der Waals surface area (Å²) in [6, 6.07) is 0. The van der Waals surface area contributed by atoms with Gasteiger partial charge in [0.2, 0.25) is 0 Å². The molecule has 0 bridgehead atoms. The van der Waals surface area contributed by atoms with E-state index in [9.17, 15) is 13.2 Å². The zero-order valence-corrected chi connectivity index (χ0v) is 8.42. The lowest BCUT2D eigenvalue weighted by Crippen LogP contribution is -2.28. The fraction of sp³-hybridized carbons (Fsp3) is 0.571. The third-order valence-corrected chi connectivity index (χ3v) is 3.07. The lowest BCUT2D eigenvalue weighted by Gasteiger charge is -2.22. The molecule has 1 heterocycles. The molecule has 1 rings (SSSR count). The maximum absolute atomic E-state index is 11.2. The van der Waals surface area contributed by atoms with Crippen molar-refractivity contribution in [2.24, 2.45) is 10.2 Å². The number of rotatable bonds is 1. The monoisotopic (exact) mass is 202 g/mol. The van der Waals surface area contributed by atoms with Gasteiger partial charge in [-0.3, -0.25) is 4.79 Å². The summed E-state index contributed by atoms with van der Waals surface area (Å²) >= 11 is 0. The predicted molar refractivity (Wildman–Crippen MR) is 46.9 cm³/mol. The summed E-state index contributed by atoms with van der Waals surface area (Å²) in [5.41, 5.74) is -0.929. The van der Waals surface area contributed by atoms with Gasteiger partial charge in [-0.25, -0.2) is 8.42 Å². The molecule has 0 saturated heterocycles. The minimum absolute atomic E-state index is 0.0139. The molecule has 0 fully saturated rings. The first-order chi connectivity index (χ1) is 5.73. The molecule has 0 saturated carbocycles. The molecule has 0 aromatic rings. The summed E-state index contributed by atoms with van der Waals surface area (Å²) in [7, 11) is -3.38. The van der Waals surface area contributed by atoms with Crippen molar-refractivity contribution >= 4 is 15.7 Å². The van der Waals surface area contributed by atoms with Crippen molar-refractivity contribution in [3.8, 4) is 0 Å². The van der Waals surface area contributed by atoms with Crippen molar-refractivity contribution in [1.29, 1.82) is 0 Å². The van der Waals surface area contributed by atoms with Crippen LogP contribution in [0.2, 0.25) is 0 Å². The smallest absolute Gasteiger partial charge is 0.266 e. The van der Waals surface area contributed by atoms with Crippen LogP contribution in [-0.2, 0) is 14.6 Å². The Hall–Kier alpha value is -1.04. The number of hydrogen-bond acceptors (Lipinski definition) is 4. The highest BCUT2D eigenvalue weighted by molar-refractivity contribution is 7.94. The molecule has 0 radical (unpaired) electrons. The third kappa shape index (κ3) is 2.00. The Labute approximate surface area is 76.5 Å². The number of sulfone groups is 1. The first-order valence-corrected chi connectivity index (χ1v) is 5.52. The average molecular weight is 202 g/mol. The molecule has 5 nitrogen and oxygen atoms in total. The Morgan fingerprint density at radius 2 is 1.92 bits per heavy atom. The number of amides is 1. The highest BCUT2D eigenvalue weighted by Crippen LogP contribution is 2.28. The molecule has 1 amide bonds. The Morgan fingerprint density at radius 3 is 2.31 bits per heavy atom. The molecule has 72 valence electrons. The van der Waals surface area contributed by atoms with Gasteiger partial charge in [-0.05, 0) is 13.8 Å². The SMILES string of the molecule is CC1(C)N=NC(=O)C=C1S(C)(=O)=O. The van der Waals surface area contributed by atoms with Gasteiger partial charge in [0.25, 0.3) is 5.91 Å². The summed E-state index contributed by atoms with van der Waals surface area (Å²) in [6.45, 7) is 3.19. The highest BCUT2D eigenvalue weighted by Gasteiger charge is 2.33. The van der Waals surface area contributed by atoms with Gasteiger partial charge < -0.3 is 0 Å². The van der Waals surface area contributed by atoms with E-state index in [-0.39, 0.29) is 4.91 Å². The van der Waals surface area contributed by atoms with Gasteiger partial charge in [0.1, 0.15) is 5.54 Å². The fourth-order valence-electron chi connectivity index (χ4n) is 1.10. The van der Waals surface area contributed by atoms with Gasteiger partial charge in [-0.2, -0.15) is 5.11 Å². The summed E-state index contributed by atoms with van der Waals surface area (Å²) in [5.74, 6) is -0.625. The molecule has 0 N–H and O–H groups in total. The highest BCUT2D eigenvalue weighted by atomic mass is 32.2. The van der Waals surface area contributed by atoms with Crippen molar-refractivity contribution in [2.75, 3.05) is 6.26 Å². The maximum atomic E-state index is 11.2. The lowest BCUT2D eigenvalue weighted by atomic mass is 10.1. The van der Waals surface area contributed by atoms with Gasteiger partial charge in [0, 0.05) is 12.3 Å². The zero-order valence-electron chi connectivity index (χ0n) is 7.60. The second kappa shape index (κ2) is 2.73. The van der Waals surface area contributed by atoms with Crippen molar-refractivity contribution < 1.29 is 13.2 Å². The van der Waals surface area contributed by atoms with Gasteiger partial charge in [0.05, 0.1) is 4.91 Å². The summed E-state index contributed by atoms with van der Waals surface area (Å²) in [4.78, 5) is 10.8. The average Bonchev–Trinajstić information content (AvgIpc) is 1.92. The number of carbonyl (C=O) groups is 1. The first kappa shape index (κ1) is 10.0. The molecule has 0 aliphatic carbocycles. The first-order valence-electron chi connectivity index (χ1n) is 3.62. The molecule has 1 aliphatic heterocycles. The summed E-state index contributed by atoms with van der Waals surface area (Å²) < 4.78 is 22.5. The molecule has 0 aromatic heterocycles. The van der Waals surface area contributed by atoms with Crippen LogP contribution in [0.4, 0.5) is 0 Å². The molecule has 13 heavy (non-hydrogen) atoms. The number of azo groups is 1. The van der Waals surface area contributed by atoms with E-state index in [1.807, 2.05) is 0 Å². The van der Waals surface area contributed by atoms with Crippen LogP contribution in [0.15, 0.2) is 21.2 Å². The van der Waals surface area contributed by atoms with Gasteiger partial charge in [0.15, 0.2) is 9.84 Å². The van der Waals surface area contributed by atoms with Crippen molar-refractivity contribution in [3.05, 3.63) is 11.0 Å². The van der Waals surface area contributed by atoms with E-state index in [1.54, 1.807) is 13.8 Å². The molecule has 1 aliphatic rings. The number of hydrogen-bond donors (Lipinski definition) is 0. The molecule has 0 spiro atoms. The van der Waals surface area contributed by atoms with Crippen molar-refractivity contribution in [1.82, 2.24) is 0 Å². The van der Waals surface area contributed by atoms with Crippen LogP contribution in [-0.4, -0.2) is 26.1 Å². The number of nitrogens with zero attached hydrogens (tertiary/aromatic N) is 2. The van der Waals surface area contributed by atoms with Crippen LogP contribution in [0.1, 0.15) is 13.8 Å². The lowest BCUT2D eigenvalue weighted by molar-refractivity contribution is -0.114. The Kier molecular flexibility index (Phi) is 2.11. The largest absolute Gasteiger partial charge is 0.288 e. The number of carbonyl (C=O) groups excluding carboxylic acids is 1. The third-order valence-electron chi connectivity index (χ3n) is 1.66. The molecular formula is C7H10N2O3S. The molecule has 0 unspecified atom stereocenters. The van der Waals surface area contributed by atoms with E-state index in [1.165, 1.54) is 0 Å². The quantitative estimate of drug-likeness (QED) is 0.627. The van der Waals surface area contributed by atoms with E-state index in [0.29, 0.717) is 0 Å². The van der Waals surface area contributed by atoms with Crippen molar-refractivity contribution in [3.63, 3.8) is 0 Å². The zero-order chi connectivity index (χ0) is 10.3. The Balaban J connectivity index is 3.30. The van der Waals surface area contributed by atoms with E-state index in [2.05, 4.69) is 10.2 Å². The molecular weight excluding hydrogens is 192 g/mol. The van der Waals surface area contributed by atoms with E-state index in [0.717, 1.165) is 12.3 Å². The standard InChI is InChI=1S/C7H10N2O3S/c1-7(2)5(13(3,11)12)4-6(10)8-9-7/h4H,1-3H3. The fourth-order valence-corrected chi connectivity index (χ4v) is 2.37. The van der Waals surface area contributed by atoms with Crippen LogP contribution in [0.3, 0.4) is 0 Å². The summed E-state index contributed by atoms with van der Waals surface area (Å²) in [6.07, 6.45) is 2.07. The predicted octanol–water partition coefficient (Wildman–Crippen LogP) is 0.686. The Morgan fingerprint density at radius 1 is 1.38 bits per heavy atom. The van der Waals surface area contributed by atoms with E-state index in [4.69, 9.17) is 0 Å². The van der Waals surface area contributed by atoms with Crippen LogP contribution < -0.4 is 0 Å². The van der Waals surface area contributed by atoms with Crippen LogP contribution in [0, 0.1) is 0 Å².